The number of benzene rings is 2. The van der Waals surface area contributed by atoms with Crippen molar-refractivity contribution in [2.24, 2.45) is 0 Å². The van der Waals surface area contributed by atoms with Crippen molar-refractivity contribution in [2.45, 2.75) is 20.1 Å². The molecule has 0 saturated carbocycles. The molecule has 0 fully saturated rings. The lowest BCUT2D eigenvalue weighted by molar-refractivity contribution is -0.0514. The summed E-state index contributed by atoms with van der Waals surface area (Å²) < 4.78 is 36.4. The summed E-state index contributed by atoms with van der Waals surface area (Å²) in [7, 11) is 0. The van der Waals surface area contributed by atoms with Gasteiger partial charge in [0, 0.05) is 16.7 Å². The molecule has 2 aromatic carbocycles. The van der Waals surface area contributed by atoms with Crippen LogP contribution in [0.4, 0.5) is 14.6 Å². The Morgan fingerprint density at radius 2 is 1.93 bits per heavy atom. The topological polar surface area (TPSA) is 65.4 Å². The summed E-state index contributed by atoms with van der Waals surface area (Å²) in [6.45, 7) is -0.617. The first kappa shape index (κ1) is 20.6. The molecule has 29 heavy (non-hydrogen) atoms. The molecule has 0 atom stereocenters. The highest BCUT2D eigenvalue weighted by molar-refractivity contribution is 6.30. The minimum atomic E-state index is -2.99. The van der Waals surface area contributed by atoms with E-state index >= 15 is 0 Å². The van der Waals surface area contributed by atoms with Crippen molar-refractivity contribution in [3.05, 3.63) is 70.9 Å². The average molecular weight is 422 g/mol. The summed E-state index contributed by atoms with van der Waals surface area (Å²) in [5.41, 5.74) is 1.19. The normalized spacial score (nSPS) is 10.8. The molecule has 1 N–H and O–H groups in total. The van der Waals surface area contributed by atoms with Crippen molar-refractivity contribution < 1.29 is 23.0 Å². The Bertz CT molecular complexity index is 977. The van der Waals surface area contributed by atoms with Gasteiger partial charge in [0.2, 0.25) is 0 Å². The van der Waals surface area contributed by atoms with Crippen LogP contribution in [0.2, 0.25) is 5.02 Å². The lowest BCUT2D eigenvalue weighted by atomic mass is 10.2. The highest BCUT2D eigenvalue weighted by Crippen LogP contribution is 2.30. The highest BCUT2D eigenvalue weighted by Gasteiger charge is 2.16. The molecular formula is C20H18ClF2N3O3. The number of amides is 1. The first-order chi connectivity index (χ1) is 14.0. The first-order valence-corrected chi connectivity index (χ1v) is 9.13. The summed E-state index contributed by atoms with van der Waals surface area (Å²) in [6, 6.07) is 13.0. The van der Waals surface area contributed by atoms with Gasteiger partial charge >= 0.3 is 6.61 Å². The number of hydrogen-bond donors (Lipinski definition) is 1. The summed E-state index contributed by atoms with van der Waals surface area (Å²) in [5, 5.41) is 7.61. The minimum absolute atomic E-state index is 0.0649. The van der Waals surface area contributed by atoms with Crippen molar-refractivity contribution in [2.75, 3.05) is 11.9 Å². The second kappa shape index (κ2) is 9.38. The molecule has 9 heteroatoms. The van der Waals surface area contributed by atoms with Gasteiger partial charge in [0.15, 0.2) is 11.5 Å². The van der Waals surface area contributed by atoms with Gasteiger partial charge in [-0.3, -0.25) is 4.79 Å². The van der Waals surface area contributed by atoms with Crippen LogP contribution in [0.5, 0.6) is 11.5 Å². The largest absolute Gasteiger partial charge is 0.490 e. The first-order valence-electron chi connectivity index (χ1n) is 8.75. The predicted octanol–water partition coefficient (Wildman–Crippen LogP) is 4.84. The van der Waals surface area contributed by atoms with E-state index in [1.54, 1.807) is 36.0 Å². The van der Waals surface area contributed by atoms with Crippen LogP contribution >= 0.6 is 11.6 Å². The third kappa shape index (κ3) is 5.45. The molecule has 6 nitrogen and oxygen atoms in total. The molecule has 0 saturated heterocycles. The number of rotatable bonds is 8. The van der Waals surface area contributed by atoms with Crippen molar-refractivity contribution in [3.8, 4) is 11.5 Å². The Kier molecular flexibility index (Phi) is 6.66. The number of ether oxygens (including phenoxy) is 2. The molecule has 3 rings (SSSR count). The van der Waals surface area contributed by atoms with Crippen LogP contribution in [0.25, 0.3) is 0 Å². The maximum absolute atomic E-state index is 12.6. The van der Waals surface area contributed by atoms with Gasteiger partial charge in [0.25, 0.3) is 5.91 Å². The number of anilines is 1. The van der Waals surface area contributed by atoms with E-state index in [0.29, 0.717) is 17.4 Å². The summed E-state index contributed by atoms with van der Waals surface area (Å²) in [6.07, 6.45) is 1.57. The number of nitrogens with zero attached hydrogens (tertiary/aromatic N) is 2. The minimum Gasteiger partial charge on any atom is -0.490 e. The number of halogens is 3. The van der Waals surface area contributed by atoms with Crippen molar-refractivity contribution in [1.29, 1.82) is 0 Å². The molecule has 1 heterocycles. The van der Waals surface area contributed by atoms with E-state index in [4.69, 9.17) is 16.3 Å². The average Bonchev–Trinajstić information content (AvgIpc) is 3.11. The number of hydrogen-bond acceptors (Lipinski definition) is 4. The lowest BCUT2D eigenvalue weighted by Gasteiger charge is -2.13. The molecule has 3 aromatic rings. The van der Waals surface area contributed by atoms with E-state index in [9.17, 15) is 13.6 Å². The molecule has 0 aliphatic heterocycles. The Morgan fingerprint density at radius 1 is 1.17 bits per heavy atom. The van der Waals surface area contributed by atoms with Gasteiger partial charge in [-0.15, -0.1) is 0 Å². The second-order valence-electron chi connectivity index (χ2n) is 5.93. The lowest BCUT2D eigenvalue weighted by Crippen LogP contribution is -2.16. The number of carbonyl (C=O) groups is 1. The Morgan fingerprint density at radius 3 is 2.62 bits per heavy atom. The molecule has 1 aromatic heterocycles. The van der Waals surface area contributed by atoms with Gasteiger partial charge < -0.3 is 14.8 Å². The van der Waals surface area contributed by atoms with Gasteiger partial charge in [0.1, 0.15) is 5.82 Å². The van der Waals surface area contributed by atoms with E-state index in [0.717, 1.165) is 5.56 Å². The Labute approximate surface area is 171 Å². The number of nitrogens with one attached hydrogen (secondary N) is 1. The summed E-state index contributed by atoms with van der Waals surface area (Å²) in [4.78, 5) is 12.6. The number of alkyl halides is 2. The van der Waals surface area contributed by atoms with Crippen LogP contribution < -0.4 is 14.8 Å². The Balaban J connectivity index is 1.76. The molecule has 152 valence electrons. The molecule has 0 radical (unpaired) electrons. The van der Waals surface area contributed by atoms with Gasteiger partial charge in [-0.2, -0.15) is 13.9 Å². The molecule has 0 bridgehead atoms. The van der Waals surface area contributed by atoms with E-state index < -0.39 is 12.5 Å². The standard InChI is InChI=1S/C20H18ClF2N3O3/c1-2-28-17-11-14(5-8-16(17)29-20(22)23)19(27)25-18-9-10-24-26(18)12-13-3-6-15(21)7-4-13/h3-11,20H,2,12H2,1H3,(H,25,27). The van der Waals surface area contributed by atoms with Crippen LogP contribution in [-0.4, -0.2) is 28.9 Å². The summed E-state index contributed by atoms with van der Waals surface area (Å²) >= 11 is 5.90. The third-order valence-corrected chi connectivity index (χ3v) is 4.18. The van der Waals surface area contributed by atoms with Gasteiger partial charge in [-0.25, -0.2) is 4.68 Å². The molecular weight excluding hydrogens is 404 g/mol. The van der Waals surface area contributed by atoms with Crippen molar-refractivity contribution in [3.63, 3.8) is 0 Å². The van der Waals surface area contributed by atoms with E-state index in [2.05, 4.69) is 15.2 Å². The van der Waals surface area contributed by atoms with Gasteiger partial charge in [0.05, 0.1) is 19.3 Å². The van der Waals surface area contributed by atoms with Crippen molar-refractivity contribution >= 4 is 23.3 Å². The highest BCUT2D eigenvalue weighted by atomic mass is 35.5. The van der Waals surface area contributed by atoms with Gasteiger partial charge in [-0.05, 0) is 42.8 Å². The zero-order chi connectivity index (χ0) is 20.8. The van der Waals surface area contributed by atoms with Gasteiger partial charge in [-0.1, -0.05) is 23.7 Å². The van der Waals surface area contributed by atoms with Crippen LogP contribution in [0.1, 0.15) is 22.8 Å². The molecule has 0 aliphatic carbocycles. The zero-order valence-electron chi connectivity index (χ0n) is 15.4. The zero-order valence-corrected chi connectivity index (χ0v) is 16.2. The fourth-order valence-electron chi connectivity index (χ4n) is 2.63. The molecule has 0 aliphatic rings. The predicted molar refractivity (Wildman–Crippen MR) is 105 cm³/mol. The van der Waals surface area contributed by atoms with Crippen LogP contribution in [-0.2, 0) is 6.54 Å². The van der Waals surface area contributed by atoms with E-state index in [1.807, 2.05) is 12.1 Å². The second-order valence-corrected chi connectivity index (χ2v) is 6.36. The number of aromatic nitrogens is 2. The quantitative estimate of drug-likeness (QED) is 0.565. The maximum Gasteiger partial charge on any atom is 0.387 e. The van der Waals surface area contributed by atoms with Crippen molar-refractivity contribution in [1.82, 2.24) is 9.78 Å². The van der Waals surface area contributed by atoms with Crippen LogP contribution in [0, 0.1) is 0 Å². The smallest absolute Gasteiger partial charge is 0.387 e. The van der Waals surface area contributed by atoms with Crippen LogP contribution in [0.3, 0.4) is 0 Å². The van der Waals surface area contributed by atoms with Crippen LogP contribution in [0.15, 0.2) is 54.7 Å². The SMILES string of the molecule is CCOc1cc(C(=O)Nc2ccnn2Cc2ccc(Cl)cc2)ccc1OC(F)F. The fraction of sp³-hybridized carbons (Fsp3) is 0.200. The molecule has 1 amide bonds. The third-order valence-electron chi connectivity index (χ3n) is 3.93. The fourth-order valence-corrected chi connectivity index (χ4v) is 2.75. The Hall–Kier alpha value is -3.13. The monoisotopic (exact) mass is 421 g/mol. The maximum atomic E-state index is 12.6. The number of carbonyl (C=O) groups excluding carboxylic acids is 1. The molecule has 0 spiro atoms. The summed E-state index contributed by atoms with van der Waals surface area (Å²) in [5.74, 6) is -0.0236. The van der Waals surface area contributed by atoms with E-state index in [1.165, 1.54) is 18.2 Å². The molecule has 0 unspecified atom stereocenters. The van der Waals surface area contributed by atoms with E-state index in [-0.39, 0.29) is 23.7 Å².